The highest BCUT2D eigenvalue weighted by atomic mass is 15.1. The average molecular weight is 347 g/mol. The van der Waals surface area contributed by atoms with Crippen LogP contribution in [0.1, 0.15) is 25.8 Å². The zero-order valence-corrected chi connectivity index (χ0v) is 15.3. The van der Waals surface area contributed by atoms with Crippen molar-refractivity contribution >= 4 is 11.8 Å². The van der Waals surface area contributed by atoms with Crippen LogP contribution >= 0.6 is 0 Å². The van der Waals surface area contributed by atoms with Crippen LogP contribution in [0.15, 0.2) is 60.9 Å². The van der Waals surface area contributed by atoms with Crippen molar-refractivity contribution in [3.8, 4) is 11.3 Å². The summed E-state index contributed by atoms with van der Waals surface area (Å²) in [6.45, 7) is 5.95. The van der Waals surface area contributed by atoms with E-state index in [1.54, 1.807) is 6.20 Å². The standard InChI is InChI=1S/C21H25N5/c1-16(2)10-12-23-21-25-19(18-8-4-3-5-9-18)13-20(26-21)24-15-17-7-6-11-22-14-17/h3-9,11,13-14,16H,10,12,15H2,1-2H3,(H2,23,24,25,26). The maximum atomic E-state index is 4.68. The van der Waals surface area contributed by atoms with Crippen molar-refractivity contribution in [2.45, 2.75) is 26.8 Å². The van der Waals surface area contributed by atoms with Crippen molar-refractivity contribution in [3.63, 3.8) is 0 Å². The molecule has 0 amide bonds. The number of benzene rings is 1. The molecule has 0 aliphatic rings. The largest absolute Gasteiger partial charge is 0.366 e. The van der Waals surface area contributed by atoms with E-state index in [4.69, 9.17) is 0 Å². The van der Waals surface area contributed by atoms with E-state index in [0.29, 0.717) is 18.4 Å². The lowest BCUT2D eigenvalue weighted by atomic mass is 10.1. The second-order valence-corrected chi connectivity index (χ2v) is 6.65. The van der Waals surface area contributed by atoms with E-state index in [1.165, 1.54) is 0 Å². The summed E-state index contributed by atoms with van der Waals surface area (Å²) in [4.78, 5) is 13.4. The SMILES string of the molecule is CC(C)CCNc1nc(NCc2cccnc2)cc(-c2ccccc2)n1. The summed E-state index contributed by atoms with van der Waals surface area (Å²) in [5.41, 5.74) is 3.09. The third-order valence-corrected chi connectivity index (χ3v) is 4.00. The van der Waals surface area contributed by atoms with Crippen molar-refractivity contribution in [3.05, 3.63) is 66.5 Å². The third-order valence-electron chi connectivity index (χ3n) is 4.00. The first-order chi connectivity index (χ1) is 12.7. The molecule has 3 rings (SSSR count). The Kier molecular flexibility index (Phi) is 6.14. The lowest BCUT2D eigenvalue weighted by molar-refractivity contribution is 0.606. The van der Waals surface area contributed by atoms with Crippen molar-refractivity contribution in [1.29, 1.82) is 0 Å². The molecule has 0 atom stereocenters. The van der Waals surface area contributed by atoms with Crippen molar-refractivity contribution in [2.24, 2.45) is 5.92 Å². The first kappa shape index (κ1) is 17.9. The molecule has 0 unspecified atom stereocenters. The number of nitrogens with zero attached hydrogens (tertiary/aromatic N) is 3. The predicted molar refractivity (Wildman–Crippen MR) is 107 cm³/mol. The molecule has 2 N–H and O–H groups in total. The monoisotopic (exact) mass is 347 g/mol. The van der Waals surface area contributed by atoms with Crippen LogP contribution in [-0.4, -0.2) is 21.5 Å². The molecule has 0 fully saturated rings. The predicted octanol–water partition coefficient (Wildman–Crippen LogP) is 4.61. The van der Waals surface area contributed by atoms with Gasteiger partial charge in [0, 0.05) is 37.1 Å². The van der Waals surface area contributed by atoms with E-state index in [0.717, 1.165) is 35.6 Å². The van der Waals surface area contributed by atoms with Crippen molar-refractivity contribution in [1.82, 2.24) is 15.0 Å². The Morgan fingerprint density at radius 2 is 1.81 bits per heavy atom. The molecule has 26 heavy (non-hydrogen) atoms. The smallest absolute Gasteiger partial charge is 0.225 e. The van der Waals surface area contributed by atoms with Gasteiger partial charge in [-0.05, 0) is 24.0 Å². The molecule has 3 aromatic rings. The van der Waals surface area contributed by atoms with Gasteiger partial charge >= 0.3 is 0 Å². The zero-order valence-electron chi connectivity index (χ0n) is 15.3. The van der Waals surface area contributed by atoms with Gasteiger partial charge in [0.2, 0.25) is 5.95 Å². The molecule has 0 saturated carbocycles. The van der Waals surface area contributed by atoms with Gasteiger partial charge in [0.25, 0.3) is 0 Å². The molecule has 2 heterocycles. The first-order valence-electron chi connectivity index (χ1n) is 9.02. The van der Waals surface area contributed by atoms with E-state index in [-0.39, 0.29) is 0 Å². The maximum absolute atomic E-state index is 4.68. The molecular formula is C21H25N5. The Morgan fingerprint density at radius 1 is 0.962 bits per heavy atom. The average Bonchev–Trinajstić information content (AvgIpc) is 2.67. The molecular weight excluding hydrogens is 322 g/mol. The molecule has 0 spiro atoms. The van der Waals surface area contributed by atoms with Crippen LogP contribution in [0.4, 0.5) is 11.8 Å². The van der Waals surface area contributed by atoms with Crippen LogP contribution in [0.25, 0.3) is 11.3 Å². The Bertz CT molecular complexity index is 803. The molecule has 0 bridgehead atoms. The van der Waals surface area contributed by atoms with Gasteiger partial charge < -0.3 is 10.6 Å². The number of hydrogen-bond acceptors (Lipinski definition) is 5. The number of anilines is 2. The summed E-state index contributed by atoms with van der Waals surface area (Å²) in [5, 5.41) is 6.73. The third kappa shape index (κ3) is 5.28. The fraction of sp³-hybridized carbons (Fsp3) is 0.286. The molecule has 2 aromatic heterocycles. The summed E-state index contributed by atoms with van der Waals surface area (Å²) in [5.74, 6) is 2.10. The van der Waals surface area contributed by atoms with Gasteiger partial charge in [-0.1, -0.05) is 50.2 Å². The summed E-state index contributed by atoms with van der Waals surface area (Å²) >= 11 is 0. The number of hydrogen-bond donors (Lipinski definition) is 2. The number of nitrogens with one attached hydrogen (secondary N) is 2. The van der Waals surface area contributed by atoms with E-state index in [1.807, 2.05) is 42.6 Å². The van der Waals surface area contributed by atoms with Crippen LogP contribution in [0.3, 0.4) is 0 Å². The minimum atomic E-state index is 0.642. The molecule has 0 saturated heterocycles. The molecule has 0 radical (unpaired) electrons. The molecule has 0 aliphatic heterocycles. The second-order valence-electron chi connectivity index (χ2n) is 6.65. The Balaban J connectivity index is 1.80. The van der Waals surface area contributed by atoms with Gasteiger partial charge in [0.05, 0.1) is 5.69 Å². The topological polar surface area (TPSA) is 62.7 Å². The van der Waals surface area contributed by atoms with Crippen LogP contribution in [0.2, 0.25) is 0 Å². The minimum Gasteiger partial charge on any atom is -0.366 e. The van der Waals surface area contributed by atoms with Crippen molar-refractivity contribution < 1.29 is 0 Å². The zero-order chi connectivity index (χ0) is 18.2. The number of aromatic nitrogens is 3. The van der Waals surface area contributed by atoms with Gasteiger partial charge in [0.15, 0.2) is 0 Å². The van der Waals surface area contributed by atoms with E-state index in [2.05, 4.69) is 51.6 Å². The molecule has 5 heteroatoms. The molecule has 0 aliphatic carbocycles. The molecule has 1 aromatic carbocycles. The van der Waals surface area contributed by atoms with Crippen LogP contribution < -0.4 is 10.6 Å². The Morgan fingerprint density at radius 3 is 2.54 bits per heavy atom. The highest BCUT2D eigenvalue weighted by molar-refractivity contribution is 5.64. The maximum Gasteiger partial charge on any atom is 0.225 e. The Hall–Kier alpha value is -2.95. The van der Waals surface area contributed by atoms with Gasteiger partial charge in [-0.3, -0.25) is 4.98 Å². The van der Waals surface area contributed by atoms with Gasteiger partial charge in [-0.2, -0.15) is 4.98 Å². The van der Waals surface area contributed by atoms with Gasteiger partial charge in [0.1, 0.15) is 5.82 Å². The normalized spacial score (nSPS) is 10.7. The van der Waals surface area contributed by atoms with Gasteiger partial charge in [-0.25, -0.2) is 4.98 Å². The first-order valence-corrected chi connectivity index (χ1v) is 9.02. The fourth-order valence-corrected chi connectivity index (χ4v) is 2.54. The van der Waals surface area contributed by atoms with E-state index < -0.39 is 0 Å². The van der Waals surface area contributed by atoms with E-state index >= 15 is 0 Å². The van der Waals surface area contributed by atoms with Crippen molar-refractivity contribution in [2.75, 3.05) is 17.2 Å². The van der Waals surface area contributed by atoms with Crippen LogP contribution in [0, 0.1) is 5.92 Å². The Labute approximate surface area is 154 Å². The summed E-state index contributed by atoms with van der Waals surface area (Å²) in [6, 6.07) is 16.1. The molecule has 134 valence electrons. The summed E-state index contributed by atoms with van der Waals surface area (Å²) in [7, 11) is 0. The summed E-state index contributed by atoms with van der Waals surface area (Å²) < 4.78 is 0. The number of rotatable bonds is 8. The van der Waals surface area contributed by atoms with Crippen LogP contribution in [-0.2, 0) is 6.54 Å². The second kappa shape index (κ2) is 8.94. The van der Waals surface area contributed by atoms with Crippen LogP contribution in [0.5, 0.6) is 0 Å². The highest BCUT2D eigenvalue weighted by Crippen LogP contribution is 2.21. The lowest BCUT2D eigenvalue weighted by Gasteiger charge is -2.12. The fourth-order valence-electron chi connectivity index (χ4n) is 2.54. The minimum absolute atomic E-state index is 0.642. The molecule has 5 nitrogen and oxygen atoms in total. The number of pyridine rings is 1. The van der Waals surface area contributed by atoms with E-state index in [9.17, 15) is 0 Å². The lowest BCUT2D eigenvalue weighted by Crippen LogP contribution is -2.10. The van der Waals surface area contributed by atoms with Gasteiger partial charge in [-0.15, -0.1) is 0 Å². The highest BCUT2D eigenvalue weighted by Gasteiger charge is 2.07. The summed E-state index contributed by atoms with van der Waals surface area (Å²) in [6.07, 6.45) is 4.71. The quantitative estimate of drug-likeness (QED) is 0.623.